The minimum atomic E-state index is -4.75. The van der Waals surface area contributed by atoms with Gasteiger partial charge in [-0.05, 0) is 42.7 Å². The highest BCUT2D eigenvalue weighted by atomic mass is 19.4. The van der Waals surface area contributed by atoms with Crippen molar-refractivity contribution in [2.75, 3.05) is 17.2 Å². The van der Waals surface area contributed by atoms with E-state index in [2.05, 4.69) is 20.4 Å². The zero-order valence-corrected chi connectivity index (χ0v) is 14.3. The molecular weight excluding hydrogens is 363 g/mol. The van der Waals surface area contributed by atoms with Gasteiger partial charge >= 0.3 is 6.36 Å². The van der Waals surface area contributed by atoms with Gasteiger partial charge in [0.25, 0.3) is 5.91 Å². The van der Waals surface area contributed by atoms with E-state index in [4.69, 9.17) is 4.74 Å². The third-order valence-corrected chi connectivity index (χ3v) is 3.86. The molecule has 27 heavy (non-hydrogen) atoms. The van der Waals surface area contributed by atoms with Gasteiger partial charge in [0.05, 0.1) is 6.20 Å². The second-order valence-electron chi connectivity index (χ2n) is 5.97. The van der Waals surface area contributed by atoms with Gasteiger partial charge in [0.2, 0.25) is 0 Å². The van der Waals surface area contributed by atoms with Crippen molar-refractivity contribution in [3.05, 3.63) is 48.2 Å². The Morgan fingerprint density at radius 2 is 2.15 bits per heavy atom. The van der Waals surface area contributed by atoms with Gasteiger partial charge in [-0.1, -0.05) is 12.1 Å². The van der Waals surface area contributed by atoms with Crippen LogP contribution in [0.4, 0.5) is 24.7 Å². The fourth-order valence-electron chi connectivity index (χ4n) is 2.64. The second kappa shape index (κ2) is 8.26. The molecule has 1 saturated heterocycles. The van der Waals surface area contributed by atoms with E-state index in [9.17, 15) is 18.0 Å². The lowest BCUT2D eigenvalue weighted by atomic mass is 10.2. The molecule has 2 heterocycles. The molecule has 2 N–H and O–H groups in total. The summed E-state index contributed by atoms with van der Waals surface area (Å²) in [5, 5.41) is 5.82. The normalized spacial score (nSPS) is 16.8. The van der Waals surface area contributed by atoms with Gasteiger partial charge in [0, 0.05) is 18.8 Å². The third kappa shape index (κ3) is 5.85. The minimum absolute atomic E-state index is 0.167. The Morgan fingerprint density at radius 3 is 2.81 bits per heavy atom. The predicted octanol–water partition coefficient (Wildman–Crippen LogP) is 3.71. The van der Waals surface area contributed by atoms with Crippen molar-refractivity contribution in [3.8, 4) is 5.75 Å². The summed E-state index contributed by atoms with van der Waals surface area (Å²) in [6.07, 6.45) is -2.57. The monoisotopic (exact) mass is 381 g/mol. The number of rotatable bonds is 6. The predicted molar refractivity (Wildman–Crippen MR) is 92.3 cm³/mol. The highest BCUT2D eigenvalue weighted by Gasteiger charge is 2.31. The number of pyridine rings is 1. The van der Waals surface area contributed by atoms with Gasteiger partial charge < -0.3 is 20.1 Å². The number of carbonyl (C=O) groups excluding carboxylic acids is 1. The van der Waals surface area contributed by atoms with Crippen molar-refractivity contribution < 1.29 is 27.4 Å². The molecule has 1 atom stereocenters. The van der Waals surface area contributed by atoms with Crippen molar-refractivity contribution in [2.45, 2.75) is 31.9 Å². The number of benzene rings is 1. The van der Waals surface area contributed by atoms with Crippen LogP contribution >= 0.6 is 0 Å². The quantitative estimate of drug-likeness (QED) is 0.798. The Morgan fingerprint density at radius 1 is 1.30 bits per heavy atom. The summed E-state index contributed by atoms with van der Waals surface area (Å²) in [7, 11) is 0. The largest absolute Gasteiger partial charge is 0.573 e. The van der Waals surface area contributed by atoms with Crippen molar-refractivity contribution in [2.24, 2.45) is 0 Å². The Hall–Kier alpha value is -2.81. The molecule has 3 rings (SSSR count). The standard InChI is InChI=1S/C18H18F3N3O3/c19-18(20,21)27-14-6-7-16(23-11-14)22-10-12-3-1-4-13(9-12)24-17(25)15-5-2-8-26-15/h1,3-4,6-7,9,11,15H,2,5,8,10H2,(H,22,23)(H,24,25). The van der Waals surface area contributed by atoms with E-state index >= 15 is 0 Å². The number of hydrogen-bond donors (Lipinski definition) is 2. The first-order valence-corrected chi connectivity index (χ1v) is 8.36. The van der Waals surface area contributed by atoms with Gasteiger partial charge in [-0.2, -0.15) is 0 Å². The molecule has 1 aromatic heterocycles. The molecule has 9 heteroatoms. The number of nitrogens with one attached hydrogen (secondary N) is 2. The Bertz CT molecular complexity index is 775. The maximum absolute atomic E-state index is 12.1. The highest BCUT2D eigenvalue weighted by Crippen LogP contribution is 2.23. The maximum Gasteiger partial charge on any atom is 0.573 e. The summed E-state index contributed by atoms with van der Waals surface area (Å²) >= 11 is 0. The number of hydrogen-bond acceptors (Lipinski definition) is 5. The third-order valence-electron chi connectivity index (χ3n) is 3.86. The molecular formula is C18H18F3N3O3. The Balaban J connectivity index is 1.54. The maximum atomic E-state index is 12.1. The van der Waals surface area contributed by atoms with Crippen LogP contribution in [0.5, 0.6) is 5.75 Å². The lowest BCUT2D eigenvalue weighted by Gasteiger charge is -2.12. The molecule has 1 unspecified atom stereocenters. The van der Waals surface area contributed by atoms with Crippen molar-refractivity contribution in [3.63, 3.8) is 0 Å². The average Bonchev–Trinajstić information content (AvgIpc) is 3.15. The van der Waals surface area contributed by atoms with Crippen LogP contribution in [0.3, 0.4) is 0 Å². The van der Waals surface area contributed by atoms with Crippen molar-refractivity contribution in [1.29, 1.82) is 0 Å². The molecule has 1 aliphatic rings. The fourth-order valence-corrected chi connectivity index (χ4v) is 2.64. The Kier molecular flexibility index (Phi) is 5.80. The van der Waals surface area contributed by atoms with E-state index in [0.717, 1.165) is 18.2 Å². The van der Waals surface area contributed by atoms with Gasteiger partial charge in [-0.25, -0.2) is 4.98 Å². The first-order valence-electron chi connectivity index (χ1n) is 8.36. The first-order chi connectivity index (χ1) is 12.9. The number of ether oxygens (including phenoxy) is 2. The van der Waals surface area contributed by atoms with E-state index in [1.54, 1.807) is 18.2 Å². The van der Waals surface area contributed by atoms with E-state index < -0.39 is 12.5 Å². The molecule has 0 saturated carbocycles. The first kappa shape index (κ1) is 19.0. The van der Waals surface area contributed by atoms with Crippen LogP contribution in [0.25, 0.3) is 0 Å². The zero-order chi connectivity index (χ0) is 19.3. The van der Waals surface area contributed by atoms with Crippen molar-refractivity contribution in [1.82, 2.24) is 4.98 Å². The Labute approximate surface area is 153 Å². The van der Waals surface area contributed by atoms with Gasteiger partial charge in [0.1, 0.15) is 17.7 Å². The number of halogens is 3. The number of nitrogens with zero attached hydrogens (tertiary/aromatic N) is 1. The molecule has 0 spiro atoms. The molecule has 2 aromatic rings. The zero-order valence-electron chi connectivity index (χ0n) is 14.3. The molecule has 6 nitrogen and oxygen atoms in total. The molecule has 0 aliphatic carbocycles. The summed E-state index contributed by atoms with van der Waals surface area (Å²) < 4.78 is 45.5. The van der Waals surface area contributed by atoms with Gasteiger partial charge in [-0.15, -0.1) is 13.2 Å². The summed E-state index contributed by atoms with van der Waals surface area (Å²) in [6.45, 7) is 0.984. The molecule has 1 aromatic carbocycles. The summed E-state index contributed by atoms with van der Waals surface area (Å²) in [6, 6.07) is 9.82. The summed E-state index contributed by atoms with van der Waals surface area (Å²) in [5.74, 6) is -0.148. The minimum Gasteiger partial charge on any atom is -0.404 e. The molecule has 1 fully saturated rings. The second-order valence-corrected chi connectivity index (χ2v) is 5.97. The van der Waals surface area contributed by atoms with E-state index in [-0.39, 0.29) is 11.7 Å². The molecule has 144 valence electrons. The number of amides is 1. The van der Waals surface area contributed by atoms with Crippen LogP contribution in [0.2, 0.25) is 0 Å². The number of aromatic nitrogens is 1. The lowest BCUT2D eigenvalue weighted by molar-refractivity contribution is -0.274. The van der Waals surface area contributed by atoms with E-state index in [1.807, 2.05) is 6.07 Å². The van der Waals surface area contributed by atoms with Crippen LogP contribution in [0.15, 0.2) is 42.6 Å². The van der Waals surface area contributed by atoms with Crippen LogP contribution in [-0.4, -0.2) is 30.0 Å². The SMILES string of the molecule is O=C(Nc1cccc(CNc2ccc(OC(F)(F)F)cn2)c1)C1CCCO1. The van der Waals surface area contributed by atoms with Gasteiger partial charge in [0.15, 0.2) is 0 Å². The summed E-state index contributed by atoms with van der Waals surface area (Å²) in [5.41, 5.74) is 1.52. The molecule has 1 aliphatic heterocycles. The number of alkyl halides is 3. The lowest BCUT2D eigenvalue weighted by Crippen LogP contribution is -2.26. The molecule has 0 radical (unpaired) electrons. The van der Waals surface area contributed by atoms with Crippen LogP contribution < -0.4 is 15.4 Å². The van der Waals surface area contributed by atoms with E-state index in [0.29, 0.717) is 31.1 Å². The molecule has 1 amide bonds. The number of carbonyl (C=O) groups is 1. The van der Waals surface area contributed by atoms with Crippen molar-refractivity contribution >= 4 is 17.4 Å². The van der Waals surface area contributed by atoms with Crippen LogP contribution in [-0.2, 0) is 16.1 Å². The van der Waals surface area contributed by atoms with E-state index in [1.165, 1.54) is 12.1 Å². The average molecular weight is 381 g/mol. The summed E-state index contributed by atoms with van der Waals surface area (Å²) in [4.78, 5) is 16.0. The fraction of sp³-hybridized carbons (Fsp3) is 0.333. The van der Waals surface area contributed by atoms with Crippen LogP contribution in [0, 0.1) is 0 Å². The van der Waals surface area contributed by atoms with Crippen LogP contribution in [0.1, 0.15) is 18.4 Å². The number of anilines is 2. The smallest absolute Gasteiger partial charge is 0.404 e. The molecule has 0 bridgehead atoms. The topological polar surface area (TPSA) is 72.5 Å². The van der Waals surface area contributed by atoms with Gasteiger partial charge in [-0.3, -0.25) is 4.79 Å². The highest BCUT2D eigenvalue weighted by molar-refractivity contribution is 5.94.